The second kappa shape index (κ2) is 4.58. The van der Waals surface area contributed by atoms with Gasteiger partial charge in [-0.1, -0.05) is 11.6 Å². The molecule has 0 aliphatic carbocycles. The van der Waals surface area contributed by atoms with Crippen molar-refractivity contribution in [3.05, 3.63) is 22.8 Å². The van der Waals surface area contributed by atoms with E-state index in [1.54, 1.807) is 18.4 Å². The average molecular weight is 220 g/mol. The number of halogens is 1. The molecule has 0 aromatic carbocycles. The average Bonchev–Trinajstić information content (AvgIpc) is 2.01. The van der Waals surface area contributed by atoms with Gasteiger partial charge in [-0.15, -0.1) is 0 Å². The predicted octanol–water partition coefficient (Wildman–Crippen LogP) is 1.62. The number of methoxy groups -OCH3 is 1. The summed E-state index contributed by atoms with van der Waals surface area (Å²) in [4.78, 5) is 3.90. The van der Waals surface area contributed by atoms with Crippen LogP contribution in [-0.4, -0.2) is 22.6 Å². The maximum absolute atomic E-state index is 10.9. The number of rotatable bonds is 3. The van der Waals surface area contributed by atoms with Crippen LogP contribution in [0.3, 0.4) is 0 Å². The number of ether oxygens (including phenoxy) is 1. The standard InChI is InChI=1S/C8H10ClNO2S/c1-12-8-4-6(5-13(2)11)3-7(9)10-8/h3-4H,5H2,1-2H3/t13-/m0/s1. The lowest BCUT2D eigenvalue weighted by molar-refractivity contribution is 0.397. The fourth-order valence-electron chi connectivity index (χ4n) is 0.946. The Labute approximate surface area is 84.5 Å². The highest BCUT2D eigenvalue weighted by Crippen LogP contribution is 2.16. The molecule has 1 aromatic rings. The third-order valence-corrected chi connectivity index (χ3v) is 2.34. The molecule has 13 heavy (non-hydrogen) atoms. The molecule has 0 fully saturated rings. The fraction of sp³-hybridized carbons (Fsp3) is 0.375. The van der Waals surface area contributed by atoms with Crippen LogP contribution < -0.4 is 4.74 Å². The zero-order valence-corrected chi connectivity index (χ0v) is 8.98. The highest BCUT2D eigenvalue weighted by molar-refractivity contribution is 7.83. The lowest BCUT2D eigenvalue weighted by Crippen LogP contribution is -1.95. The molecule has 0 saturated heterocycles. The summed E-state index contributed by atoms with van der Waals surface area (Å²) in [6.45, 7) is 0. The summed E-state index contributed by atoms with van der Waals surface area (Å²) in [7, 11) is 0.642. The van der Waals surface area contributed by atoms with Gasteiger partial charge in [-0.25, -0.2) is 4.98 Å². The van der Waals surface area contributed by atoms with E-state index in [9.17, 15) is 4.21 Å². The van der Waals surface area contributed by atoms with Crippen LogP contribution in [0.5, 0.6) is 5.88 Å². The topological polar surface area (TPSA) is 39.2 Å². The predicted molar refractivity (Wildman–Crippen MR) is 53.6 cm³/mol. The van der Waals surface area contributed by atoms with Gasteiger partial charge >= 0.3 is 0 Å². The minimum atomic E-state index is -0.877. The molecule has 1 rings (SSSR count). The van der Waals surface area contributed by atoms with Crippen LogP contribution in [0.15, 0.2) is 12.1 Å². The van der Waals surface area contributed by atoms with Crippen molar-refractivity contribution in [2.45, 2.75) is 5.75 Å². The van der Waals surface area contributed by atoms with Gasteiger partial charge in [0.2, 0.25) is 5.88 Å². The molecule has 72 valence electrons. The van der Waals surface area contributed by atoms with Crippen LogP contribution in [0.1, 0.15) is 5.56 Å². The van der Waals surface area contributed by atoms with E-state index in [-0.39, 0.29) is 0 Å². The first-order valence-corrected chi connectivity index (χ1v) is 5.73. The molecule has 1 heterocycles. The summed E-state index contributed by atoms with van der Waals surface area (Å²) >= 11 is 5.72. The van der Waals surface area contributed by atoms with Gasteiger partial charge in [0, 0.05) is 28.9 Å². The Morgan fingerprint density at radius 2 is 2.31 bits per heavy atom. The third-order valence-electron chi connectivity index (χ3n) is 1.41. The van der Waals surface area contributed by atoms with Crippen molar-refractivity contribution in [2.75, 3.05) is 13.4 Å². The third kappa shape index (κ3) is 3.32. The highest BCUT2D eigenvalue weighted by atomic mass is 35.5. The molecule has 1 atom stereocenters. The van der Waals surface area contributed by atoms with Crippen LogP contribution in [-0.2, 0) is 16.6 Å². The highest BCUT2D eigenvalue weighted by Gasteiger charge is 2.02. The fourth-order valence-corrected chi connectivity index (χ4v) is 1.81. The summed E-state index contributed by atoms with van der Waals surface area (Å²) in [5, 5.41) is 0.361. The zero-order valence-electron chi connectivity index (χ0n) is 7.41. The van der Waals surface area contributed by atoms with Gasteiger partial charge < -0.3 is 4.74 Å². The number of hydrogen-bond donors (Lipinski definition) is 0. The summed E-state index contributed by atoms with van der Waals surface area (Å²) < 4.78 is 15.9. The molecular weight excluding hydrogens is 210 g/mol. The van der Waals surface area contributed by atoms with Crippen molar-refractivity contribution in [3.63, 3.8) is 0 Å². The van der Waals surface area contributed by atoms with Gasteiger partial charge in [0.05, 0.1) is 7.11 Å². The summed E-state index contributed by atoms with van der Waals surface area (Å²) in [5.41, 5.74) is 0.873. The molecule has 0 radical (unpaired) electrons. The Morgan fingerprint density at radius 1 is 1.62 bits per heavy atom. The van der Waals surface area contributed by atoms with Crippen molar-refractivity contribution in [2.24, 2.45) is 0 Å². The molecule has 0 amide bonds. The second-order valence-electron chi connectivity index (χ2n) is 2.56. The molecule has 0 unspecified atom stereocenters. The van der Waals surface area contributed by atoms with Gasteiger partial charge in [-0.05, 0) is 11.6 Å². The minimum absolute atomic E-state index is 0.361. The first kappa shape index (κ1) is 10.5. The first-order valence-electron chi connectivity index (χ1n) is 3.62. The second-order valence-corrected chi connectivity index (χ2v) is 4.38. The monoisotopic (exact) mass is 219 g/mol. The van der Waals surface area contributed by atoms with Gasteiger partial charge in [-0.3, -0.25) is 4.21 Å². The summed E-state index contributed by atoms with van der Waals surface area (Å²) in [6.07, 6.45) is 1.64. The van der Waals surface area contributed by atoms with Gasteiger partial charge in [-0.2, -0.15) is 0 Å². The normalized spacial score (nSPS) is 12.5. The molecule has 5 heteroatoms. The number of pyridine rings is 1. The number of hydrogen-bond acceptors (Lipinski definition) is 3. The van der Waals surface area contributed by atoms with E-state index in [1.807, 2.05) is 0 Å². The molecule has 0 saturated carbocycles. The Hall–Kier alpha value is -0.610. The van der Waals surface area contributed by atoms with E-state index >= 15 is 0 Å². The van der Waals surface area contributed by atoms with Crippen molar-refractivity contribution in [1.29, 1.82) is 0 Å². The van der Waals surface area contributed by atoms with E-state index in [0.29, 0.717) is 16.8 Å². The molecule has 3 nitrogen and oxygen atoms in total. The Kier molecular flexibility index (Phi) is 3.69. The molecule has 1 aromatic heterocycles. The summed E-state index contributed by atoms with van der Waals surface area (Å²) in [5.74, 6) is 0.923. The maximum atomic E-state index is 10.9. The molecule has 0 aliphatic rings. The van der Waals surface area contributed by atoms with E-state index < -0.39 is 10.8 Å². The first-order chi connectivity index (χ1) is 6.11. The van der Waals surface area contributed by atoms with Crippen LogP contribution in [0.2, 0.25) is 5.15 Å². The van der Waals surface area contributed by atoms with Crippen molar-refractivity contribution in [3.8, 4) is 5.88 Å². The van der Waals surface area contributed by atoms with Crippen molar-refractivity contribution >= 4 is 22.4 Å². The zero-order chi connectivity index (χ0) is 9.84. The Bertz CT molecular complexity index is 330. The van der Waals surface area contributed by atoms with E-state index in [4.69, 9.17) is 16.3 Å². The Balaban J connectivity index is 2.94. The molecule has 0 N–H and O–H groups in total. The lowest BCUT2D eigenvalue weighted by Gasteiger charge is -2.02. The molecule has 0 bridgehead atoms. The largest absolute Gasteiger partial charge is 0.481 e. The minimum Gasteiger partial charge on any atom is -0.481 e. The SMILES string of the molecule is COc1cc(C[S@](C)=O)cc(Cl)n1. The summed E-state index contributed by atoms with van der Waals surface area (Å²) in [6, 6.07) is 3.42. The Morgan fingerprint density at radius 3 is 2.85 bits per heavy atom. The van der Waals surface area contributed by atoms with Crippen LogP contribution in [0.4, 0.5) is 0 Å². The van der Waals surface area contributed by atoms with Crippen molar-refractivity contribution < 1.29 is 8.95 Å². The maximum Gasteiger partial charge on any atom is 0.214 e. The van der Waals surface area contributed by atoms with E-state index in [2.05, 4.69) is 4.98 Å². The lowest BCUT2D eigenvalue weighted by atomic mass is 10.3. The molecule has 0 spiro atoms. The van der Waals surface area contributed by atoms with Crippen LogP contribution >= 0.6 is 11.6 Å². The van der Waals surface area contributed by atoms with Gasteiger partial charge in [0.1, 0.15) is 5.15 Å². The number of aromatic nitrogens is 1. The number of nitrogens with zero attached hydrogens (tertiary/aromatic N) is 1. The smallest absolute Gasteiger partial charge is 0.214 e. The van der Waals surface area contributed by atoms with Gasteiger partial charge in [0.15, 0.2) is 0 Å². The molecular formula is C8H10ClNO2S. The molecule has 0 aliphatic heterocycles. The van der Waals surface area contributed by atoms with E-state index in [0.717, 1.165) is 5.56 Å². The van der Waals surface area contributed by atoms with Gasteiger partial charge in [0.25, 0.3) is 0 Å². The van der Waals surface area contributed by atoms with E-state index in [1.165, 1.54) is 7.11 Å². The van der Waals surface area contributed by atoms with Crippen LogP contribution in [0, 0.1) is 0 Å². The van der Waals surface area contributed by atoms with Crippen LogP contribution in [0.25, 0.3) is 0 Å². The van der Waals surface area contributed by atoms with Crippen molar-refractivity contribution in [1.82, 2.24) is 4.98 Å². The quantitative estimate of drug-likeness (QED) is 0.726.